The van der Waals surface area contributed by atoms with E-state index in [4.69, 9.17) is 4.74 Å². The molecule has 0 unspecified atom stereocenters. The van der Waals surface area contributed by atoms with E-state index in [1.165, 1.54) is 23.5 Å². The third kappa shape index (κ3) is 4.65. The zero-order chi connectivity index (χ0) is 21.8. The average molecular weight is 426 g/mol. The number of amides is 1. The van der Waals surface area contributed by atoms with E-state index in [-0.39, 0.29) is 17.5 Å². The van der Waals surface area contributed by atoms with Gasteiger partial charge in [-0.25, -0.2) is 5.43 Å². The van der Waals surface area contributed by atoms with Crippen molar-refractivity contribution >= 4 is 39.2 Å². The molecule has 0 saturated carbocycles. The SMILES string of the molecule is CCOc1cc(C)c(C=NNC(=O)c2cc3cc([N+](=O)[O-])ccc3s2)cc1C(C)C. The van der Waals surface area contributed by atoms with Crippen LogP contribution in [-0.4, -0.2) is 23.7 Å². The molecule has 30 heavy (non-hydrogen) atoms. The summed E-state index contributed by atoms with van der Waals surface area (Å²) in [4.78, 5) is 23.4. The largest absolute Gasteiger partial charge is 0.494 e. The second kappa shape index (κ2) is 9.04. The van der Waals surface area contributed by atoms with Gasteiger partial charge < -0.3 is 4.74 Å². The van der Waals surface area contributed by atoms with Gasteiger partial charge in [-0.3, -0.25) is 14.9 Å². The molecule has 3 rings (SSSR count). The molecular formula is C22H23N3O4S. The van der Waals surface area contributed by atoms with Crippen molar-refractivity contribution in [2.24, 2.45) is 5.10 Å². The quantitative estimate of drug-likeness (QED) is 0.311. The van der Waals surface area contributed by atoms with Crippen LogP contribution in [-0.2, 0) is 0 Å². The van der Waals surface area contributed by atoms with E-state index in [9.17, 15) is 14.9 Å². The zero-order valence-corrected chi connectivity index (χ0v) is 18.1. The predicted molar refractivity (Wildman–Crippen MR) is 120 cm³/mol. The minimum atomic E-state index is -0.453. The number of non-ortho nitro benzene ring substituents is 1. The first-order valence-electron chi connectivity index (χ1n) is 9.58. The fourth-order valence-electron chi connectivity index (χ4n) is 3.06. The molecule has 0 spiro atoms. The molecule has 0 saturated heterocycles. The Hall–Kier alpha value is -3.26. The monoisotopic (exact) mass is 425 g/mol. The van der Waals surface area contributed by atoms with E-state index < -0.39 is 4.92 Å². The Morgan fingerprint density at radius 1 is 1.30 bits per heavy atom. The lowest BCUT2D eigenvalue weighted by molar-refractivity contribution is -0.384. The van der Waals surface area contributed by atoms with Crippen molar-refractivity contribution in [3.8, 4) is 5.75 Å². The van der Waals surface area contributed by atoms with Crippen LogP contribution in [0.4, 0.5) is 5.69 Å². The van der Waals surface area contributed by atoms with Crippen LogP contribution in [0.3, 0.4) is 0 Å². The highest BCUT2D eigenvalue weighted by molar-refractivity contribution is 7.20. The van der Waals surface area contributed by atoms with Crippen molar-refractivity contribution in [3.63, 3.8) is 0 Å². The standard InChI is InChI=1S/C22H23N3O4S/c1-5-29-19-8-14(4)16(10-18(19)13(2)3)12-23-24-22(26)21-11-15-9-17(25(27)28)6-7-20(15)30-21/h6-13H,5H2,1-4H3,(H,24,26). The number of carbonyl (C=O) groups is 1. The van der Waals surface area contributed by atoms with Crippen molar-refractivity contribution in [1.29, 1.82) is 0 Å². The number of carbonyl (C=O) groups excluding carboxylic acids is 1. The van der Waals surface area contributed by atoms with Crippen LogP contribution in [0.2, 0.25) is 0 Å². The van der Waals surface area contributed by atoms with E-state index in [2.05, 4.69) is 24.4 Å². The van der Waals surface area contributed by atoms with Crippen molar-refractivity contribution in [2.45, 2.75) is 33.6 Å². The number of nitrogens with one attached hydrogen (secondary N) is 1. The molecule has 0 aliphatic heterocycles. The van der Waals surface area contributed by atoms with Crippen molar-refractivity contribution in [2.75, 3.05) is 6.61 Å². The summed E-state index contributed by atoms with van der Waals surface area (Å²) in [5.41, 5.74) is 5.51. The minimum Gasteiger partial charge on any atom is -0.494 e. The number of ether oxygens (including phenoxy) is 1. The van der Waals surface area contributed by atoms with Gasteiger partial charge in [-0.05, 0) is 60.7 Å². The molecule has 0 aliphatic rings. The number of hydrogen-bond acceptors (Lipinski definition) is 6. The van der Waals surface area contributed by atoms with E-state index >= 15 is 0 Å². The van der Waals surface area contributed by atoms with Crippen LogP contribution >= 0.6 is 11.3 Å². The third-order valence-electron chi connectivity index (χ3n) is 4.62. The van der Waals surface area contributed by atoms with Crippen LogP contribution in [0.25, 0.3) is 10.1 Å². The summed E-state index contributed by atoms with van der Waals surface area (Å²) in [6, 6.07) is 10.2. The van der Waals surface area contributed by atoms with Crippen molar-refractivity contribution in [1.82, 2.24) is 5.43 Å². The molecular weight excluding hydrogens is 402 g/mol. The Balaban J connectivity index is 1.78. The van der Waals surface area contributed by atoms with E-state index in [1.807, 2.05) is 26.0 Å². The summed E-state index contributed by atoms with van der Waals surface area (Å²) in [5, 5.41) is 15.7. The summed E-state index contributed by atoms with van der Waals surface area (Å²) < 4.78 is 6.54. The smallest absolute Gasteiger partial charge is 0.281 e. The Labute approximate surface area is 178 Å². The van der Waals surface area contributed by atoms with Crippen LogP contribution in [0.1, 0.15) is 53.1 Å². The predicted octanol–water partition coefficient (Wildman–Crippen LogP) is 5.40. The van der Waals surface area contributed by atoms with E-state index in [1.54, 1.807) is 18.3 Å². The molecule has 156 valence electrons. The number of nitro groups is 1. The van der Waals surface area contributed by atoms with Crippen LogP contribution in [0.5, 0.6) is 5.75 Å². The zero-order valence-electron chi connectivity index (χ0n) is 17.3. The number of rotatable bonds is 7. The summed E-state index contributed by atoms with van der Waals surface area (Å²) in [5.74, 6) is 0.796. The Morgan fingerprint density at radius 3 is 2.73 bits per heavy atom. The maximum atomic E-state index is 12.5. The van der Waals surface area contributed by atoms with Crippen LogP contribution < -0.4 is 10.2 Å². The first-order chi connectivity index (χ1) is 14.3. The van der Waals surface area contributed by atoms with Gasteiger partial charge in [-0.2, -0.15) is 5.10 Å². The average Bonchev–Trinajstić information content (AvgIpc) is 3.12. The first-order valence-corrected chi connectivity index (χ1v) is 10.4. The summed E-state index contributed by atoms with van der Waals surface area (Å²) in [6.45, 7) is 8.72. The summed E-state index contributed by atoms with van der Waals surface area (Å²) in [7, 11) is 0. The van der Waals surface area contributed by atoms with E-state index in [0.29, 0.717) is 16.9 Å². The lowest BCUT2D eigenvalue weighted by atomic mass is 9.97. The molecule has 0 fully saturated rings. The molecule has 0 bridgehead atoms. The maximum Gasteiger partial charge on any atom is 0.281 e. The van der Waals surface area contributed by atoms with Gasteiger partial charge in [0.05, 0.1) is 22.6 Å². The molecule has 0 aliphatic carbocycles. The van der Waals surface area contributed by atoms with Gasteiger partial charge in [0.1, 0.15) is 5.75 Å². The molecule has 1 aromatic heterocycles. The fraction of sp³-hybridized carbons (Fsp3) is 0.273. The Bertz CT molecular complexity index is 1130. The van der Waals surface area contributed by atoms with Gasteiger partial charge >= 0.3 is 0 Å². The van der Waals surface area contributed by atoms with Crippen LogP contribution in [0.15, 0.2) is 41.5 Å². The topological polar surface area (TPSA) is 93.8 Å². The number of hydrazone groups is 1. The number of hydrogen-bond donors (Lipinski definition) is 1. The van der Waals surface area contributed by atoms with Gasteiger partial charge in [0.25, 0.3) is 11.6 Å². The molecule has 8 heteroatoms. The van der Waals surface area contributed by atoms with E-state index in [0.717, 1.165) is 27.1 Å². The summed E-state index contributed by atoms with van der Waals surface area (Å²) in [6.07, 6.45) is 1.62. The van der Waals surface area contributed by atoms with Gasteiger partial charge in [0.2, 0.25) is 0 Å². The number of aryl methyl sites for hydroxylation is 1. The fourth-order valence-corrected chi connectivity index (χ4v) is 3.99. The lowest BCUT2D eigenvalue weighted by Crippen LogP contribution is -2.16. The second-order valence-corrected chi connectivity index (χ2v) is 8.21. The highest BCUT2D eigenvalue weighted by atomic mass is 32.1. The van der Waals surface area contributed by atoms with Gasteiger partial charge in [0.15, 0.2) is 0 Å². The van der Waals surface area contributed by atoms with Gasteiger partial charge in [-0.1, -0.05) is 13.8 Å². The number of nitrogens with zero attached hydrogens (tertiary/aromatic N) is 2. The highest BCUT2D eigenvalue weighted by Gasteiger charge is 2.14. The number of nitro benzene ring substituents is 1. The molecule has 0 atom stereocenters. The molecule has 1 heterocycles. The molecule has 0 radical (unpaired) electrons. The van der Waals surface area contributed by atoms with Crippen molar-refractivity contribution < 1.29 is 14.5 Å². The molecule has 3 aromatic rings. The molecule has 7 nitrogen and oxygen atoms in total. The number of thiophene rings is 1. The van der Waals surface area contributed by atoms with Gasteiger partial charge in [0, 0.05) is 22.2 Å². The number of benzene rings is 2. The molecule has 1 N–H and O–H groups in total. The highest BCUT2D eigenvalue weighted by Crippen LogP contribution is 2.30. The third-order valence-corrected chi connectivity index (χ3v) is 5.74. The number of fused-ring (bicyclic) bond motifs is 1. The normalized spacial score (nSPS) is 11.4. The first kappa shape index (κ1) is 21.4. The second-order valence-electron chi connectivity index (χ2n) is 7.12. The van der Waals surface area contributed by atoms with Gasteiger partial charge in [-0.15, -0.1) is 11.3 Å². The molecule has 1 amide bonds. The molecule has 2 aromatic carbocycles. The van der Waals surface area contributed by atoms with Crippen LogP contribution in [0, 0.1) is 17.0 Å². The lowest BCUT2D eigenvalue weighted by Gasteiger charge is -2.15. The minimum absolute atomic E-state index is 0.00258. The Kier molecular flexibility index (Phi) is 6.47. The van der Waals surface area contributed by atoms with Crippen molar-refractivity contribution in [3.05, 3.63) is 68.1 Å². The maximum absolute atomic E-state index is 12.5. The Morgan fingerprint density at radius 2 is 2.07 bits per heavy atom. The summed E-state index contributed by atoms with van der Waals surface area (Å²) >= 11 is 1.26.